The molecule has 0 bridgehead atoms. The molecular formula is C4H12O8P2S2. The van der Waals surface area contributed by atoms with Crippen molar-refractivity contribution in [2.24, 2.45) is 0 Å². The summed E-state index contributed by atoms with van der Waals surface area (Å²) in [5.74, 6) is 0. The van der Waals surface area contributed by atoms with E-state index in [0.29, 0.717) is 0 Å². The molecule has 2 atom stereocenters. The van der Waals surface area contributed by atoms with Gasteiger partial charge in [-0.25, -0.2) is 15.1 Å². The first-order valence-corrected chi connectivity index (χ1v) is 9.79. The quantitative estimate of drug-likeness (QED) is 0.253. The largest absolute Gasteiger partial charge is 0.415 e. The molecule has 0 aliphatic rings. The van der Waals surface area contributed by atoms with E-state index in [-0.39, 0.29) is 19.6 Å². The molecule has 8 nitrogen and oxygen atoms in total. The minimum Gasteiger partial charge on any atom is -0.323 e. The minimum absolute atomic E-state index is 0.0422. The molecule has 0 aromatic carbocycles. The Morgan fingerprint density at radius 2 is 1.81 bits per heavy atom. The molecule has 0 aliphatic carbocycles. The SMILES string of the molecule is CSP(=O)(OO)OCCCOP(O)(=S)OO. The van der Waals surface area contributed by atoms with Gasteiger partial charge in [-0.2, -0.15) is 4.67 Å². The van der Waals surface area contributed by atoms with Gasteiger partial charge < -0.3 is 9.42 Å². The maximum Gasteiger partial charge on any atom is 0.415 e. The molecule has 12 heteroatoms. The van der Waals surface area contributed by atoms with Crippen LogP contribution in [0, 0.1) is 0 Å². The molecule has 16 heavy (non-hydrogen) atoms. The third kappa shape index (κ3) is 7.31. The molecule has 98 valence electrons. The lowest BCUT2D eigenvalue weighted by atomic mass is 10.5. The average molecular weight is 314 g/mol. The van der Waals surface area contributed by atoms with E-state index in [2.05, 4.69) is 25.7 Å². The Morgan fingerprint density at radius 3 is 2.25 bits per heavy atom. The molecular weight excluding hydrogens is 302 g/mol. The van der Waals surface area contributed by atoms with Crippen LogP contribution in [0.15, 0.2) is 0 Å². The van der Waals surface area contributed by atoms with Crippen molar-refractivity contribution in [3.63, 3.8) is 0 Å². The molecule has 0 aliphatic heterocycles. The smallest absolute Gasteiger partial charge is 0.323 e. The van der Waals surface area contributed by atoms with E-state index >= 15 is 0 Å². The number of rotatable bonds is 9. The van der Waals surface area contributed by atoms with Crippen molar-refractivity contribution in [3.8, 4) is 0 Å². The van der Waals surface area contributed by atoms with Gasteiger partial charge in [0.2, 0.25) is 0 Å². The van der Waals surface area contributed by atoms with E-state index in [1.807, 2.05) is 0 Å². The van der Waals surface area contributed by atoms with Gasteiger partial charge in [-0.05, 0) is 35.9 Å². The predicted molar refractivity (Wildman–Crippen MR) is 61.6 cm³/mol. The third-order valence-corrected chi connectivity index (χ3v) is 5.45. The molecule has 0 heterocycles. The summed E-state index contributed by atoms with van der Waals surface area (Å²) in [6.07, 6.45) is 1.66. The van der Waals surface area contributed by atoms with Crippen LogP contribution in [-0.4, -0.2) is 34.9 Å². The Bertz CT molecular complexity index is 277. The summed E-state index contributed by atoms with van der Waals surface area (Å²) < 4.78 is 27.8. The van der Waals surface area contributed by atoms with Gasteiger partial charge in [0, 0.05) is 0 Å². The average Bonchev–Trinajstić information content (AvgIpc) is 2.28. The van der Waals surface area contributed by atoms with E-state index in [1.54, 1.807) is 0 Å². The zero-order valence-electron chi connectivity index (χ0n) is 8.22. The lowest BCUT2D eigenvalue weighted by Crippen LogP contribution is -1.99. The summed E-state index contributed by atoms with van der Waals surface area (Å²) in [5.41, 5.74) is 0. The van der Waals surface area contributed by atoms with Gasteiger partial charge >= 0.3 is 13.5 Å². The molecule has 0 spiro atoms. The van der Waals surface area contributed by atoms with Crippen LogP contribution < -0.4 is 0 Å². The molecule has 0 rings (SSSR count). The van der Waals surface area contributed by atoms with Crippen LogP contribution in [0.5, 0.6) is 0 Å². The molecule has 0 amide bonds. The fourth-order valence-electron chi connectivity index (χ4n) is 0.548. The highest BCUT2D eigenvalue weighted by molar-refractivity contribution is 8.54. The van der Waals surface area contributed by atoms with Crippen molar-refractivity contribution in [1.29, 1.82) is 0 Å². The lowest BCUT2D eigenvalue weighted by Gasteiger charge is -2.13. The van der Waals surface area contributed by atoms with E-state index in [0.717, 1.165) is 11.4 Å². The van der Waals surface area contributed by atoms with Gasteiger partial charge in [0.05, 0.1) is 13.2 Å². The molecule has 0 radical (unpaired) electrons. The van der Waals surface area contributed by atoms with Crippen LogP contribution in [0.3, 0.4) is 0 Å². The molecule has 0 fully saturated rings. The van der Waals surface area contributed by atoms with Crippen molar-refractivity contribution < 1.29 is 38.4 Å². The second-order valence-corrected chi connectivity index (χ2v) is 9.14. The number of hydrogen-bond donors (Lipinski definition) is 3. The summed E-state index contributed by atoms with van der Waals surface area (Å²) in [6.45, 7) is -7.21. The Balaban J connectivity index is 3.69. The van der Waals surface area contributed by atoms with E-state index in [1.165, 1.54) is 6.26 Å². The first-order valence-electron chi connectivity index (χ1n) is 3.83. The van der Waals surface area contributed by atoms with Gasteiger partial charge in [0.25, 0.3) is 0 Å². The second-order valence-electron chi connectivity index (χ2n) is 2.28. The first kappa shape index (κ1) is 16.9. The molecule has 3 N–H and O–H groups in total. The van der Waals surface area contributed by atoms with E-state index in [4.69, 9.17) is 19.9 Å². The zero-order valence-corrected chi connectivity index (χ0v) is 11.6. The Hall–Kier alpha value is 0.950. The predicted octanol–water partition coefficient (Wildman–Crippen LogP) is 2.08. The Labute approximate surface area is 101 Å². The molecule has 0 aromatic rings. The standard InChI is InChI=1S/C4H12O8P2S2/c1-16-14(8,12-6)10-4-2-3-9-13(7,15)11-5/h5-6H,2-4H2,1H3,(H,7,15). The minimum atomic E-state index is -3.59. The second kappa shape index (κ2) is 8.12. The molecule has 0 saturated heterocycles. The topological polar surface area (TPSA) is 115 Å². The monoisotopic (exact) mass is 314 g/mol. The first-order chi connectivity index (χ1) is 7.39. The van der Waals surface area contributed by atoms with Gasteiger partial charge in [-0.3, -0.25) is 4.52 Å². The molecule has 0 saturated carbocycles. The fourth-order valence-corrected chi connectivity index (χ4v) is 2.49. The normalized spacial score (nSPS) is 19.0. The maximum atomic E-state index is 11.3. The van der Waals surface area contributed by atoms with Crippen LogP contribution in [-0.2, 0) is 34.8 Å². The van der Waals surface area contributed by atoms with Crippen molar-refractivity contribution in [3.05, 3.63) is 0 Å². The van der Waals surface area contributed by atoms with Crippen molar-refractivity contribution in [2.75, 3.05) is 19.5 Å². The lowest BCUT2D eigenvalue weighted by molar-refractivity contribution is -0.151. The molecule has 0 aromatic heterocycles. The van der Waals surface area contributed by atoms with E-state index < -0.39 is 13.5 Å². The van der Waals surface area contributed by atoms with Crippen LogP contribution in [0.1, 0.15) is 6.42 Å². The Kier molecular flexibility index (Phi) is 8.60. The summed E-state index contributed by atoms with van der Waals surface area (Å²) in [6, 6.07) is 0. The van der Waals surface area contributed by atoms with Gasteiger partial charge in [0.1, 0.15) is 0 Å². The summed E-state index contributed by atoms with van der Waals surface area (Å²) >= 11 is 5.05. The van der Waals surface area contributed by atoms with Crippen LogP contribution in [0.4, 0.5) is 0 Å². The van der Waals surface area contributed by atoms with Gasteiger partial charge in [-0.15, -0.1) is 4.67 Å². The van der Waals surface area contributed by atoms with Gasteiger partial charge in [0.15, 0.2) is 0 Å². The maximum absolute atomic E-state index is 11.3. The summed E-state index contributed by atoms with van der Waals surface area (Å²) in [7, 11) is 0. The van der Waals surface area contributed by atoms with Crippen LogP contribution >= 0.6 is 24.9 Å². The van der Waals surface area contributed by atoms with Crippen LogP contribution in [0.25, 0.3) is 0 Å². The number of hydrogen-bond acceptors (Lipinski definition) is 9. The zero-order chi connectivity index (χ0) is 12.7. The van der Waals surface area contributed by atoms with Crippen LogP contribution in [0.2, 0.25) is 0 Å². The van der Waals surface area contributed by atoms with Crippen molar-refractivity contribution in [1.82, 2.24) is 0 Å². The Morgan fingerprint density at radius 1 is 1.25 bits per heavy atom. The van der Waals surface area contributed by atoms with Crippen molar-refractivity contribution in [2.45, 2.75) is 6.42 Å². The van der Waals surface area contributed by atoms with Gasteiger partial charge in [-0.1, -0.05) is 0 Å². The highest BCUT2D eigenvalue weighted by Gasteiger charge is 2.23. The third-order valence-electron chi connectivity index (χ3n) is 1.22. The van der Waals surface area contributed by atoms with E-state index in [9.17, 15) is 4.57 Å². The van der Waals surface area contributed by atoms with Crippen molar-refractivity contribution >= 4 is 36.7 Å². The fraction of sp³-hybridized carbons (Fsp3) is 1.00. The molecule has 2 unspecified atom stereocenters. The summed E-state index contributed by atoms with van der Waals surface area (Å²) in [4.78, 5) is 8.94. The highest BCUT2D eigenvalue weighted by Crippen LogP contribution is 2.58. The highest BCUT2D eigenvalue weighted by atomic mass is 32.7. The summed E-state index contributed by atoms with van der Waals surface area (Å²) in [5, 5.41) is 16.4.